The van der Waals surface area contributed by atoms with E-state index >= 15 is 0 Å². The lowest BCUT2D eigenvalue weighted by Crippen LogP contribution is -2.14. The van der Waals surface area contributed by atoms with Gasteiger partial charge in [0.15, 0.2) is 0 Å². The number of benzene rings is 3. The van der Waals surface area contributed by atoms with E-state index in [1.54, 1.807) is 0 Å². The van der Waals surface area contributed by atoms with Gasteiger partial charge >= 0.3 is 0 Å². The molecule has 0 radical (unpaired) electrons. The van der Waals surface area contributed by atoms with Crippen molar-refractivity contribution in [3.05, 3.63) is 78.4 Å². The summed E-state index contributed by atoms with van der Waals surface area (Å²) < 4.78 is 0. The van der Waals surface area contributed by atoms with Crippen molar-refractivity contribution in [2.45, 2.75) is 6.04 Å². The zero-order valence-electron chi connectivity index (χ0n) is 11.2. The van der Waals surface area contributed by atoms with Gasteiger partial charge in [-0.25, -0.2) is 0 Å². The van der Waals surface area contributed by atoms with Crippen LogP contribution in [0.15, 0.2) is 72.8 Å². The highest BCUT2D eigenvalue weighted by atomic mass is 16.3. The third-order valence-corrected chi connectivity index (χ3v) is 3.50. The molecule has 1 atom stereocenters. The van der Waals surface area contributed by atoms with Crippen LogP contribution < -0.4 is 5.32 Å². The molecule has 2 heteroatoms. The summed E-state index contributed by atoms with van der Waals surface area (Å²) in [6.45, 7) is 0.0627. The van der Waals surface area contributed by atoms with Crippen molar-refractivity contribution < 1.29 is 5.11 Å². The molecule has 0 aliphatic heterocycles. The molecule has 3 aromatic carbocycles. The molecule has 0 aromatic heterocycles. The van der Waals surface area contributed by atoms with E-state index in [0.717, 1.165) is 11.3 Å². The monoisotopic (exact) mass is 263 g/mol. The molecule has 0 amide bonds. The fourth-order valence-corrected chi connectivity index (χ4v) is 2.46. The standard InChI is InChI=1S/C18H17NO/c20-13-18(15-8-2-1-3-9-15)19-17-12-6-10-14-7-4-5-11-16(14)17/h1-12,18-20H,13H2/t18-/m1/s1. The molecular weight excluding hydrogens is 246 g/mol. The number of aliphatic hydroxyl groups excluding tert-OH is 1. The molecule has 0 heterocycles. The van der Waals surface area contributed by atoms with Gasteiger partial charge in [0.25, 0.3) is 0 Å². The van der Waals surface area contributed by atoms with Crippen LogP contribution >= 0.6 is 0 Å². The minimum absolute atomic E-state index is 0.0627. The van der Waals surface area contributed by atoms with Gasteiger partial charge in [0.1, 0.15) is 0 Å². The van der Waals surface area contributed by atoms with Crippen LogP contribution in [0.5, 0.6) is 0 Å². The molecular formula is C18H17NO. The van der Waals surface area contributed by atoms with Crippen LogP contribution in [-0.4, -0.2) is 11.7 Å². The summed E-state index contributed by atoms with van der Waals surface area (Å²) in [6, 6.07) is 24.3. The molecule has 100 valence electrons. The van der Waals surface area contributed by atoms with Crippen LogP contribution in [0.2, 0.25) is 0 Å². The van der Waals surface area contributed by atoms with Gasteiger partial charge in [-0.05, 0) is 17.0 Å². The third kappa shape index (κ3) is 2.51. The van der Waals surface area contributed by atoms with E-state index < -0.39 is 0 Å². The Morgan fingerprint density at radius 1 is 0.800 bits per heavy atom. The van der Waals surface area contributed by atoms with E-state index in [1.807, 2.05) is 54.6 Å². The maximum atomic E-state index is 9.65. The van der Waals surface area contributed by atoms with E-state index in [-0.39, 0.29) is 12.6 Å². The van der Waals surface area contributed by atoms with Crippen LogP contribution in [0, 0.1) is 0 Å². The van der Waals surface area contributed by atoms with Gasteiger partial charge in [0, 0.05) is 11.1 Å². The number of rotatable bonds is 4. The SMILES string of the molecule is OC[C@@H](Nc1cccc2ccccc12)c1ccccc1. The Labute approximate surface area is 118 Å². The van der Waals surface area contributed by atoms with Crippen molar-refractivity contribution in [3.63, 3.8) is 0 Å². The molecule has 2 nitrogen and oxygen atoms in total. The van der Waals surface area contributed by atoms with E-state index in [2.05, 4.69) is 23.5 Å². The highest BCUT2D eigenvalue weighted by molar-refractivity contribution is 5.93. The summed E-state index contributed by atoms with van der Waals surface area (Å²) in [5.41, 5.74) is 2.13. The van der Waals surface area contributed by atoms with Crippen LogP contribution in [0.3, 0.4) is 0 Å². The normalized spacial score (nSPS) is 12.2. The lowest BCUT2D eigenvalue weighted by Gasteiger charge is -2.19. The quantitative estimate of drug-likeness (QED) is 0.746. The van der Waals surface area contributed by atoms with Crippen molar-refractivity contribution >= 4 is 16.5 Å². The Kier molecular flexibility index (Phi) is 3.66. The minimum Gasteiger partial charge on any atom is -0.394 e. The zero-order valence-corrected chi connectivity index (χ0v) is 11.2. The minimum atomic E-state index is -0.0954. The van der Waals surface area contributed by atoms with Gasteiger partial charge in [-0.2, -0.15) is 0 Å². The molecule has 0 aliphatic rings. The predicted octanol–water partition coefficient (Wildman–Crippen LogP) is 3.99. The summed E-state index contributed by atoms with van der Waals surface area (Å²) in [5, 5.41) is 15.5. The maximum absolute atomic E-state index is 9.65. The third-order valence-electron chi connectivity index (χ3n) is 3.50. The molecule has 0 saturated carbocycles. The molecule has 0 aliphatic carbocycles. The number of fused-ring (bicyclic) bond motifs is 1. The van der Waals surface area contributed by atoms with Crippen LogP contribution in [0.25, 0.3) is 10.8 Å². The Morgan fingerprint density at radius 3 is 2.30 bits per heavy atom. The van der Waals surface area contributed by atoms with Crippen LogP contribution in [0.1, 0.15) is 11.6 Å². The number of nitrogens with one attached hydrogen (secondary N) is 1. The molecule has 3 rings (SSSR count). The number of aliphatic hydroxyl groups is 1. The van der Waals surface area contributed by atoms with Crippen molar-refractivity contribution in [2.24, 2.45) is 0 Å². The van der Waals surface area contributed by atoms with Gasteiger partial charge in [0.05, 0.1) is 12.6 Å². The lowest BCUT2D eigenvalue weighted by atomic mass is 10.1. The maximum Gasteiger partial charge on any atom is 0.0745 e. The van der Waals surface area contributed by atoms with E-state index in [9.17, 15) is 5.11 Å². The molecule has 0 bridgehead atoms. The fourth-order valence-electron chi connectivity index (χ4n) is 2.46. The second-order valence-corrected chi connectivity index (χ2v) is 4.82. The first-order valence-corrected chi connectivity index (χ1v) is 6.78. The average molecular weight is 263 g/mol. The second kappa shape index (κ2) is 5.76. The highest BCUT2D eigenvalue weighted by Gasteiger charge is 2.10. The average Bonchev–Trinajstić information content (AvgIpc) is 2.53. The predicted molar refractivity (Wildman–Crippen MR) is 83.8 cm³/mol. The topological polar surface area (TPSA) is 32.3 Å². The van der Waals surface area contributed by atoms with Crippen molar-refractivity contribution in [3.8, 4) is 0 Å². The Bertz CT molecular complexity index is 689. The van der Waals surface area contributed by atoms with Crippen LogP contribution in [0.4, 0.5) is 5.69 Å². The number of hydrogen-bond acceptors (Lipinski definition) is 2. The largest absolute Gasteiger partial charge is 0.394 e. The Hall–Kier alpha value is -2.32. The van der Waals surface area contributed by atoms with Crippen molar-refractivity contribution in [2.75, 3.05) is 11.9 Å². The molecule has 3 aromatic rings. The smallest absolute Gasteiger partial charge is 0.0745 e. The van der Waals surface area contributed by atoms with Gasteiger partial charge < -0.3 is 10.4 Å². The van der Waals surface area contributed by atoms with Gasteiger partial charge in [-0.1, -0.05) is 66.7 Å². The molecule has 0 unspecified atom stereocenters. The first-order valence-electron chi connectivity index (χ1n) is 6.78. The first kappa shape index (κ1) is 12.7. The lowest BCUT2D eigenvalue weighted by molar-refractivity contribution is 0.276. The van der Waals surface area contributed by atoms with E-state index in [0.29, 0.717) is 0 Å². The molecule has 20 heavy (non-hydrogen) atoms. The second-order valence-electron chi connectivity index (χ2n) is 4.82. The summed E-state index contributed by atoms with van der Waals surface area (Å²) in [4.78, 5) is 0. The fraction of sp³-hybridized carbons (Fsp3) is 0.111. The highest BCUT2D eigenvalue weighted by Crippen LogP contribution is 2.26. The van der Waals surface area contributed by atoms with E-state index in [1.165, 1.54) is 10.8 Å². The molecule has 0 fully saturated rings. The summed E-state index contributed by atoms with van der Waals surface area (Å²) >= 11 is 0. The van der Waals surface area contributed by atoms with Crippen molar-refractivity contribution in [1.29, 1.82) is 0 Å². The molecule has 2 N–H and O–H groups in total. The van der Waals surface area contributed by atoms with Gasteiger partial charge in [0.2, 0.25) is 0 Å². The summed E-state index contributed by atoms with van der Waals surface area (Å²) in [6.07, 6.45) is 0. The first-order chi connectivity index (χ1) is 9.88. The van der Waals surface area contributed by atoms with Crippen LogP contribution in [-0.2, 0) is 0 Å². The molecule has 0 spiro atoms. The van der Waals surface area contributed by atoms with E-state index in [4.69, 9.17) is 0 Å². The van der Waals surface area contributed by atoms with Gasteiger partial charge in [-0.3, -0.25) is 0 Å². The number of hydrogen-bond donors (Lipinski definition) is 2. The number of anilines is 1. The molecule has 0 saturated heterocycles. The Morgan fingerprint density at radius 2 is 1.50 bits per heavy atom. The Balaban J connectivity index is 1.96. The zero-order chi connectivity index (χ0) is 13.8. The summed E-state index contributed by atoms with van der Waals surface area (Å²) in [7, 11) is 0. The van der Waals surface area contributed by atoms with Crippen molar-refractivity contribution in [1.82, 2.24) is 0 Å². The summed E-state index contributed by atoms with van der Waals surface area (Å²) in [5.74, 6) is 0. The van der Waals surface area contributed by atoms with Gasteiger partial charge in [-0.15, -0.1) is 0 Å².